The summed E-state index contributed by atoms with van der Waals surface area (Å²) >= 11 is 0. The molecule has 3 heterocycles. The zero-order valence-electron chi connectivity index (χ0n) is 14.4. The van der Waals surface area contributed by atoms with Gasteiger partial charge in [0.1, 0.15) is 17.9 Å². The smallest absolute Gasteiger partial charge is 0.357 e. The van der Waals surface area contributed by atoms with Crippen LogP contribution in [0.25, 0.3) is 11.4 Å². The third-order valence-electron chi connectivity index (χ3n) is 4.83. The summed E-state index contributed by atoms with van der Waals surface area (Å²) in [5.41, 5.74) is 3.04. The molecule has 1 aromatic carbocycles. The van der Waals surface area contributed by atoms with Gasteiger partial charge in [-0.05, 0) is 42.7 Å². The Bertz CT molecular complexity index is 1010. The first-order valence-electron chi connectivity index (χ1n) is 8.44. The molecule has 2 aromatic rings. The van der Waals surface area contributed by atoms with Crippen molar-refractivity contribution in [3.05, 3.63) is 58.4 Å². The highest BCUT2D eigenvalue weighted by Gasteiger charge is 2.31. The van der Waals surface area contributed by atoms with E-state index in [-0.39, 0.29) is 11.9 Å². The fourth-order valence-corrected chi connectivity index (χ4v) is 3.48. The minimum Gasteiger partial charge on any atom is -0.357 e. The molecule has 0 aliphatic carbocycles. The molecular formula is C19H16F3N5. The summed E-state index contributed by atoms with van der Waals surface area (Å²) in [6.07, 6.45) is -0.346. The van der Waals surface area contributed by atoms with Crippen molar-refractivity contribution in [3.8, 4) is 11.8 Å². The second-order valence-corrected chi connectivity index (χ2v) is 6.53. The fourth-order valence-electron chi connectivity index (χ4n) is 3.48. The zero-order valence-corrected chi connectivity index (χ0v) is 14.4. The van der Waals surface area contributed by atoms with Gasteiger partial charge in [-0.1, -0.05) is 6.07 Å². The van der Waals surface area contributed by atoms with E-state index in [1.54, 1.807) is 25.5 Å². The van der Waals surface area contributed by atoms with E-state index in [0.717, 1.165) is 36.4 Å². The molecule has 4 rings (SSSR count). The first-order valence-corrected chi connectivity index (χ1v) is 8.44. The van der Waals surface area contributed by atoms with Crippen LogP contribution >= 0.6 is 0 Å². The molecule has 27 heavy (non-hydrogen) atoms. The van der Waals surface area contributed by atoms with Crippen molar-refractivity contribution >= 4 is 12.0 Å². The minimum atomic E-state index is -4.45. The molecule has 1 saturated heterocycles. The number of nitrogens with zero attached hydrogens (tertiary/aromatic N) is 3. The van der Waals surface area contributed by atoms with Gasteiger partial charge in [-0.2, -0.15) is 18.4 Å². The molecule has 0 radical (unpaired) electrons. The number of hydrogen-bond donors (Lipinski definition) is 2. The van der Waals surface area contributed by atoms with Crippen LogP contribution in [0.5, 0.6) is 0 Å². The normalized spacial score (nSPS) is 19.0. The molecule has 0 bridgehead atoms. The number of rotatable bonds is 2. The lowest BCUT2D eigenvalue weighted by Gasteiger charge is -2.19. The van der Waals surface area contributed by atoms with Gasteiger partial charge in [0.05, 0.1) is 17.6 Å². The van der Waals surface area contributed by atoms with Crippen LogP contribution in [-0.2, 0) is 6.18 Å². The predicted molar refractivity (Wildman–Crippen MR) is 95.2 cm³/mol. The molecule has 2 aliphatic rings. The van der Waals surface area contributed by atoms with Crippen molar-refractivity contribution in [2.45, 2.75) is 25.7 Å². The van der Waals surface area contributed by atoms with E-state index >= 15 is 0 Å². The maximum Gasteiger partial charge on any atom is 0.416 e. The fraction of sp³-hybridized carbons (Fsp3) is 0.263. The Labute approximate surface area is 153 Å². The Hall–Kier alpha value is -3.05. The number of fused-ring (bicyclic) bond motifs is 1. The van der Waals surface area contributed by atoms with Gasteiger partial charge in [-0.15, -0.1) is 0 Å². The predicted octanol–water partition coefficient (Wildman–Crippen LogP) is 3.34. The van der Waals surface area contributed by atoms with E-state index in [9.17, 15) is 18.4 Å². The summed E-state index contributed by atoms with van der Waals surface area (Å²) in [6.45, 7) is 2.54. The highest BCUT2D eigenvalue weighted by atomic mass is 19.4. The maximum atomic E-state index is 13.1. The Morgan fingerprint density at radius 2 is 2.11 bits per heavy atom. The van der Waals surface area contributed by atoms with E-state index < -0.39 is 11.7 Å². The van der Waals surface area contributed by atoms with Crippen molar-refractivity contribution in [1.82, 2.24) is 15.2 Å². The van der Waals surface area contributed by atoms with Crippen molar-refractivity contribution in [1.29, 1.82) is 5.26 Å². The Kier molecular flexibility index (Phi) is 4.04. The van der Waals surface area contributed by atoms with Crippen molar-refractivity contribution in [2.75, 3.05) is 6.54 Å². The monoisotopic (exact) mass is 371 g/mol. The van der Waals surface area contributed by atoms with Crippen molar-refractivity contribution in [3.63, 3.8) is 0 Å². The van der Waals surface area contributed by atoms with Gasteiger partial charge in [-0.3, -0.25) is 5.32 Å². The second kappa shape index (κ2) is 6.28. The van der Waals surface area contributed by atoms with Crippen molar-refractivity contribution in [2.24, 2.45) is 4.99 Å². The third-order valence-corrected chi connectivity index (χ3v) is 4.83. The molecule has 0 saturated carbocycles. The van der Waals surface area contributed by atoms with E-state index in [4.69, 9.17) is 0 Å². The second-order valence-electron chi connectivity index (χ2n) is 6.53. The maximum absolute atomic E-state index is 13.1. The summed E-state index contributed by atoms with van der Waals surface area (Å²) in [7, 11) is 0. The third kappa shape index (κ3) is 3.00. The molecule has 2 aliphatic heterocycles. The van der Waals surface area contributed by atoms with Crippen LogP contribution in [0, 0.1) is 18.3 Å². The zero-order chi connectivity index (χ0) is 19.2. The summed E-state index contributed by atoms with van der Waals surface area (Å²) in [6, 6.07) is 7.28. The van der Waals surface area contributed by atoms with Gasteiger partial charge < -0.3 is 9.88 Å². The van der Waals surface area contributed by atoms with E-state index in [1.807, 2.05) is 0 Å². The standard InChI is InChI=1S/C19H16F3N5/c1-11-2-3-13(19(20,21)22)7-16(11)27-9-12(6-14(27)8-23)17-15-4-5-24-18(15)26-10-25-17/h2-3,6-7,9-10,18,24H,4-5H2,1H3,(H,25,26). The molecule has 2 N–H and O–H groups in total. The molecular weight excluding hydrogens is 355 g/mol. The summed E-state index contributed by atoms with van der Waals surface area (Å²) < 4.78 is 40.9. The highest BCUT2D eigenvalue weighted by molar-refractivity contribution is 5.80. The molecule has 0 amide bonds. The van der Waals surface area contributed by atoms with Crippen LogP contribution in [0.1, 0.15) is 28.8 Å². The van der Waals surface area contributed by atoms with Crippen LogP contribution in [0.3, 0.4) is 0 Å². The molecule has 138 valence electrons. The van der Waals surface area contributed by atoms with Gasteiger partial charge >= 0.3 is 6.18 Å². The van der Waals surface area contributed by atoms with Crippen LogP contribution in [0.2, 0.25) is 0 Å². The van der Waals surface area contributed by atoms with Crippen molar-refractivity contribution < 1.29 is 13.2 Å². The molecule has 8 heteroatoms. The van der Waals surface area contributed by atoms with Gasteiger partial charge in [0.2, 0.25) is 0 Å². The van der Waals surface area contributed by atoms with Crippen LogP contribution in [0.15, 0.2) is 41.0 Å². The number of nitriles is 1. The number of benzene rings is 1. The first-order chi connectivity index (χ1) is 12.9. The molecule has 1 unspecified atom stereocenters. The Balaban J connectivity index is 1.85. The summed E-state index contributed by atoms with van der Waals surface area (Å²) in [5.74, 6) is 0. The summed E-state index contributed by atoms with van der Waals surface area (Å²) in [4.78, 5) is 4.40. The molecule has 1 aromatic heterocycles. The van der Waals surface area contributed by atoms with E-state index in [0.29, 0.717) is 16.8 Å². The number of halogens is 3. The number of aliphatic imine (C=N–C) groups is 1. The summed E-state index contributed by atoms with van der Waals surface area (Å²) in [5, 5.41) is 16.0. The van der Waals surface area contributed by atoms with Gasteiger partial charge in [0.15, 0.2) is 0 Å². The lowest BCUT2D eigenvalue weighted by atomic mass is 10.1. The van der Waals surface area contributed by atoms with E-state index in [1.165, 1.54) is 10.6 Å². The molecule has 1 atom stereocenters. The average molecular weight is 371 g/mol. The van der Waals surface area contributed by atoms with Gasteiger partial charge in [-0.25, -0.2) is 4.99 Å². The number of aromatic nitrogens is 1. The highest BCUT2D eigenvalue weighted by Crippen LogP contribution is 2.34. The topological polar surface area (TPSA) is 65.1 Å². The van der Waals surface area contributed by atoms with Crippen LogP contribution in [0.4, 0.5) is 13.2 Å². The van der Waals surface area contributed by atoms with Crippen LogP contribution < -0.4 is 10.6 Å². The Morgan fingerprint density at radius 1 is 1.30 bits per heavy atom. The van der Waals surface area contributed by atoms with Crippen LogP contribution in [-0.4, -0.2) is 23.6 Å². The molecule has 1 fully saturated rings. The van der Waals surface area contributed by atoms with Gasteiger partial charge in [0, 0.05) is 24.0 Å². The number of hydrogen-bond acceptors (Lipinski definition) is 4. The number of aryl methyl sites for hydroxylation is 1. The average Bonchev–Trinajstić information content (AvgIpc) is 3.27. The molecule has 5 nitrogen and oxygen atoms in total. The molecule has 0 spiro atoms. The quantitative estimate of drug-likeness (QED) is 0.851. The number of nitrogens with one attached hydrogen (secondary N) is 2. The minimum absolute atomic E-state index is 0.00155. The number of alkyl halides is 3. The SMILES string of the molecule is Cc1ccc(C(F)(F)F)cc1-n1cc(C2=C3CCNC3NC=N2)cc1C#N. The van der Waals surface area contributed by atoms with Gasteiger partial charge in [0.25, 0.3) is 0 Å². The van der Waals surface area contributed by atoms with E-state index in [2.05, 4.69) is 21.7 Å². The largest absolute Gasteiger partial charge is 0.416 e. The Morgan fingerprint density at radius 3 is 2.85 bits per heavy atom. The lowest BCUT2D eigenvalue weighted by Crippen LogP contribution is -2.39. The first kappa shape index (κ1) is 17.4. The lowest BCUT2D eigenvalue weighted by molar-refractivity contribution is -0.137.